The SMILES string of the molecule is CC1CC(C)CN(c2ccnc(NCCN)n2)C1. The second-order valence-corrected chi connectivity index (χ2v) is 5.30. The van der Waals surface area contributed by atoms with Crippen molar-refractivity contribution >= 4 is 11.8 Å². The summed E-state index contributed by atoms with van der Waals surface area (Å²) in [5.74, 6) is 3.14. The lowest BCUT2D eigenvalue weighted by atomic mass is 9.92. The highest BCUT2D eigenvalue weighted by molar-refractivity contribution is 5.43. The topological polar surface area (TPSA) is 67.1 Å². The maximum absolute atomic E-state index is 5.47. The quantitative estimate of drug-likeness (QED) is 0.842. The van der Waals surface area contributed by atoms with Crippen molar-refractivity contribution in [2.75, 3.05) is 36.4 Å². The molecule has 2 atom stereocenters. The zero-order chi connectivity index (χ0) is 13.0. The van der Waals surface area contributed by atoms with Crippen LogP contribution in [-0.4, -0.2) is 36.1 Å². The minimum Gasteiger partial charge on any atom is -0.356 e. The van der Waals surface area contributed by atoms with Crippen LogP contribution in [0.15, 0.2) is 12.3 Å². The molecule has 1 fully saturated rings. The van der Waals surface area contributed by atoms with Crippen molar-refractivity contribution in [1.29, 1.82) is 0 Å². The Labute approximate surface area is 109 Å². The van der Waals surface area contributed by atoms with Crippen molar-refractivity contribution in [3.63, 3.8) is 0 Å². The molecular formula is C13H23N5. The molecule has 2 unspecified atom stereocenters. The molecule has 0 amide bonds. The van der Waals surface area contributed by atoms with Crippen LogP contribution < -0.4 is 16.0 Å². The van der Waals surface area contributed by atoms with Crippen LogP contribution >= 0.6 is 0 Å². The molecule has 0 aliphatic carbocycles. The Morgan fingerprint density at radius 3 is 2.78 bits per heavy atom. The Kier molecular flexibility index (Phi) is 4.36. The Morgan fingerprint density at radius 2 is 2.11 bits per heavy atom. The molecule has 100 valence electrons. The van der Waals surface area contributed by atoms with Crippen LogP contribution in [0.3, 0.4) is 0 Å². The largest absolute Gasteiger partial charge is 0.356 e. The molecule has 1 saturated heterocycles. The van der Waals surface area contributed by atoms with Crippen molar-refractivity contribution < 1.29 is 0 Å². The minimum absolute atomic E-state index is 0.589. The fourth-order valence-electron chi connectivity index (χ4n) is 2.64. The first-order chi connectivity index (χ1) is 8.69. The first-order valence-corrected chi connectivity index (χ1v) is 6.71. The Hall–Kier alpha value is -1.36. The van der Waals surface area contributed by atoms with Gasteiger partial charge in [0.2, 0.25) is 5.95 Å². The first-order valence-electron chi connectivity index (χ1n) is 6.71. The second kappa shape index (κ2) is 6.00. The lowest BCUT2D eigenvalue weighted by molar-refractivity contribution is 0.355. The smallest absolute Gasteiger partial charge is 0.224 e. The molecule has 0 bridgehead atoms. The summed E-state index contributed by atoms with van der Waals surface area (Å²) in [5, 5.41) is 3.12. The molecule has 18 heavy (non-hydrogen) atoms. The summed E-state index contributed by atoms with van der Waals surface area (Å²) in [5.41, 5.74) is 5.47. The maximum atomic E-state index is 5.47. The van der Waals surface area contributed by atoms with Crippen LogP contribution in [0.4, 0.5) is 11.8 Å². The van der Waals surface area contributed by atoms with E-state index in [0.29, 0.717) is 19.0 Å². The van der Waals surface area contributed by atoms with Crippen molar-refractivity contribution in [3.8, 4) is 0 Å². The van der Waals surface area contributed by atoms with Gasteiger partial charge >= 0.3 is 0 Å². The molecular weight excluding hydrogens is 226 g/mol. The van der Waals surface area contributed by atoms with Gasteiger partial charge in [-0.25, -0.2) is 4.98 Å². The van der Waals surface area contributed by atoms with E-state index in [9.17, 15) is 0 Å². The molecule has 2 heterocycles. The highest BCUT2D eigenvalue weighted by atomic mass is 15.2. The molecule has 1 aromatic heterocycles. The Morgan fingerprint density at radius 1 is 1.39 bits per heavy atom. The molecule has 1 aliphatic heterocycles. The zero-order valence-corrected chi connectivity index (χ0v) is 11.3. The van der Waals surface area contributed by atoms with E-state index in [1.54, 1.807) is 0 Å². The monoisotopic (exact) mass is 249 g/mol. The van der Waals surface area contributed by atoms with Crippen LogP contribution in [0.25, 0.3) is 0 Å². The van der Waals surface area contributed by atoms with Crippen molar-refractivity contribution in [2.45, 2.75) is 20.3 Å². The van der Waals surface area contributed by atoms with E-state index < -0.39 is 0 Å². The highest BCUT2D eigenvalue weighted by Crippen LogP contribution is 2.25. The number of hydrogen-bond acceptors (Lipinski definition) is 5. The Bertz CT molecular complexity index is 371. The third-order valence-corrected chi connectivity index (χ3v) is 3.26. The van der Waals surface area contributed by atoms with Gasteiger partial charge in [-0.2, -0.15) is 4.98 Å². The molecule has 3 N–H and O–H groups in total. The van der Waals surface area contributed by atoms with Gasteiger partial charge in [0.15, 0.2) is 0 Å². The average Bonchev–Trinajstić information content (AvgIpc) is 2.35. The van der Waals surface area contributed by atoms with E-state index in [0.717, 1.165) is 30.7 Å². The minimum atomic E-state index is 0.589. The van der Waals surface area contributed by atoms with Gasteiger partial charge < -0.3 is 16.0 Å². The van der Waals surface area contributed by atoms with Crippen molar-refractivity contribution in [3.05, 3.63) is 12.3 Å². The van der Waals surface area contributed by atoms with Crippen LogP contribution in [0, 0.1) is 11.8 Å². The maximum Gasteiger partial charge on any atom is 0.224 e. The highest BCUT2D eigenvalue weighted by Gasteiger charge is 2.22. The number of nitrogens with two attached hydrogens (primary N) is 1. The van der Waals surface area contributed by atoms with E-state index in [4.69, 9.17) is 5.73 Å². The van der Waals surface area contributed by atoms with Gasteiger partial charge in [0.05, 0.1) is 0 Å². The predicted molar refractivity (Wildman–Crippen MR) is 74.7 cm³/mol. The van der Waals surface area contributed by atoms with Gasteiger partial charge in [0.25, 0.3) is 0 Å². The van der Waals surface area contributed by atoms with E-state index in [2.05, 4.69) is 34.0 Å². The zero-order valence-electron chi connectivity index (χ0n) is 11.3. The van der Waals surface area contributed by atoms with Crippen molar-refractivity contribution in [1.82, 2.24) is 9.97 Å². The van der Waals surface area contributed by atoms with Crippen LogP contribution in [-0.2, 0) is 0 Å². The lowest BCUT2D eigenvalue weighted by Gasteiger charge is -2.35. The van der Waals surface area contributed by atoms with Gasteiger partial charge in [-0.05, 0) is 24.3 Å². The molecule has 0 saturated carbocycles. The third kappa shape index (κ3) is 3.32. The van der Waals surface area contributed by atoms with Gasteiger partial charge in [-0.15, -0.1) is 0 Å². The average molecular weight is 249 g/mol. The molecule has 0 radical (unpaired) electrons. The summed E-state index contributed by atoms with van der Waals surface area (Å²) in [7, 11) is 0. The fraction of sp³-hybridized carbons (Fsp3) is 0.692. The number of rotatable bonds is 4. The van der Waals surface area contributed by atoms with E-state index >= 15 is 0 Å². The second-order valence-electron chi connectivity index (χ2n) is 5.30. The molecule has 2 rings (SSSR count). The summed E-state index contributed by atoms with van der Waals surface area (Å²) in [6.07, 6.45) is 3.12. The van der Waals surface area contributed by atoms with E-state index in [1.807, 2.05) is 12.3 Å². The lowest BCUT2D eigenvalue weighted by Crippen LogP contribution is -2.39. The number of hydrogen-bond donors (Lipinski definition) is 2. The van der Waals surface area contributed by atoms with Gasteiger partial charge in [0.1, 0.15) is 5.82 Å². The van der Waals surface area contributed by atoms with Crippen LogP contribution in [0.2, 0.25) is 0 Å². The molecule has 0 aromatic carbocycles. The van der Waals surface area contributed by atoms with Gasteiger partial charge in [0, 0.05) is 32.4 Å². The summed E-state index contributed by atoms with van der Waals surface area (Å²) < 4.78 is 0. The number of aromatic nitrogens is 2. The van der Waals surface area contributed by atoms with Crippen molar-refractivity contribution in [2.24, 2.45) is 17.6 Å². The van der Waals surface area contributed by atoms with E-state index in [1.165, 1.54) is 6.42 Å². The standard InChI is InChI=1S/C13H23N5/c1-10-7-11(2)9-18(8-10)12-3-5-15-13(17-12)16-6-4-14/h3,5,10-11H,4,6-9,14H2,1-2H3,(H,15,16,17). The number of piperidine rings is 1. The summed E-state index contributed by atoms with van der Waals surface area (Å²) in [6, 6.07) is 1.98. The predicted octanol–water partition coefficient (Wildman–Crippen LogP) is 1.33. The number of nitrogens with one attached hydrogen (secondary N) is 1. The molecule has 0 spiro atoms. The summed E-state index contributed by atoms with van der Waals surface area (Å²) in [4.78, 5) is 11.1. The molecule has 5 heteroatoms. The summed E-state index contributed by atoms with van der Waals surface area (Å²) >= 11 is 0. The van der Waals surface area contributed by atoms with Gasteiger partial charge in [-0.3, -0.25) is 0 Å². The van der Waals surface area contributed by atoms with Crippen LogP contribution in [0.5, 0.6) is 0 Å². The Balaban J connectivity index is 2.07. The molecule has 1 aromatic rings. The first kappa shape index (κ1) is 13.1. The third-order valence-electron chi connectivity index (χ3n) is 3.26. The number of anilines is 2. The van der Waals surface area contributed by atoms with Gasteiger partial charge in [-0.1, -0.05) is 13.8 Å². The fourth-order valence-corrected chi connectivity index (χ4v) is 2.64. The molecule has 1 aliphatic rings. The molecule has 5 nitrogen and oxygen atoms in total. The number of nitrogens with zero attached hydrogens (tertiary/aromatic N) is 3. The van der Waals surface area contributed by atoms with E-state index in [-0.39, 0.29) is 0 Å². The van der Waals surface area contributed by atoms with Crippen LogP contribution in [0.1, 0.15) is 20.3 Å². The summed E-state index contributed by atoms with van der Waals surface area (Å²) in [6.45, 7) is 8.06. The normalized spacial score (nSPS) is 24.1.